The van der Waals surface area contributed by atoms with Gasteiger partial charge in [0.15, 0.2) is 11.6 Å². The summed E-state index contributed by atoms with van der Waals surface area (Å²) in [6, 6.07) is 64.6. The van der Waals surface area contributed by atoms with Crippen LogP contribution < -0.4 is 0 Å². The maximum atomic E-state index is 5.30. The van der Waals surface area contributed by atoms with E-state index in [2.05, 4.69) is 168 Å². The number of hydrogen-bond donors (Lipinski definition) is 0. The molecule has 8 aromatic carbocycles. The van der Waals surface area contributed by atoms with Crippen LogP contribution in [-0.4, -0.2) is 19.5 Å². The molecule has 0 bridgehead atoms. The first-order chi connectivity index (χ1) is 26.3. The Bertz CT molecular complexity index is 3090. The predicted octanol–water partition coefficient (Wildman–Crippen LogP) is 11.9. The van der Waals surface area contributed by atoms with Crippen LogP contribution in [0.4, 0.5) is 0 Å². The number of hydrogen-bond acceptors (Lipinski definition) is 3. The molecule has 0 saturated heterocycles. The van der Waals surface area contributed by atoms with Crippen molar-refractivity contribution in [1.82, 2.24) is 19.5 Å². The van der Waals surface area contributed by atoms with Gasteiger partial charge in [0.05, 0.1) is 11.0 Å². The van der Waals surface area contributed by atoms with Gasteiger partial charge in [0, 0.05) is 21.9 Å². The normalized spacial score (nSPS) is 12.5. The van der Waals surface area contributed by atoms with Gasteiger partial charge in [-0.05, 0) is 73.1 Å². The Labute approximate surface area is 306 Å². The lowest BCUT2D eigenvalue weighted by atomic mass is 9.85. The van der Waals surface area contributed by atoms with Crippen LogP contribution in [0.2, 0.25) is 0 Å². The summed E-state index contributed by atoms with van der Waals surface area (Å²) in [4.78, 5) is 15.6. The molecule has 1 aliphatic rings. The van der Waals surface area contributed by atoms with Gasteiger partial charge in [0.2, 0.25) is 5.95 Å². The third-order valence-corrected chi connectivity index (χ3v) is 10.6. The molecule has 10 aromatic rings. The summed E-state index contributed by atoms with van der Waals surface area (Å²) < 4.78 is 2.25. The van der Waals surface area contributed by atoms with E-state index in [4.69, 9.17) is 15.0 Å². The first-order valence-corrected chi connectivity index (χ1v) is 18.0. The zero-order valence-electron chi connectivity index (χ0n) is 28.6. The molecule has 246 valence electrons. The topological polar surface area (TPSA) is 43.6 Å². The Kier molecular flexibility index (Phi) is 6.52. The van der Waals surface area contributed by atoms with Crippen molar-refractivity contribution in [3.63, 3.8) is 0 Å². The molecular weight excluding hydrogens is 645 g/mol. The van der Waals surface area contributed by atoms with E-state index in [0.717, 1.165) is 27.5 Å². The Morgan fingerprint density at radius 1 is 0.321 bits per heavy atom. The second-order valence-electron chi connectivity index (χ2n) is 13.6. The summed E-state index contributed by atoms with van der Waals surface area (Å²) in [5.41, 5.74) is 11.2. The Morgan fingerprint density at radius 3 is 1.55 bits per heavy atom. The molecule has 0 atom stereocenters. The molecule has 1 aliphatic carbocycles. The van der Waals surface area contributed by atoms with Crippen molar-refractivity contribution in [3.05, 3.63) is 204 Å². The van der Waals surface area contributed by atoms with Gasteiger partial charge in [-0.3, -0.25) is 4.57 Å². The Morgan fingerprint density at radius 2 is 0.849 bits per heavy atom. The number of rotatable bonds is 5. The van der Waals surface area contributed by atoms with E-state index in [0.29, 0.717) is 17.6 Å². The third-order valence-electron chi connectivity index (χ3n) is 10.6. The molecule has 0 radical (unpaired) electrons. The molecule has 0 aliphatic heterocycles. The highest BCUT2D eigenvalue weighted by Gasteiger charge is 2.28. The first-order valence-electron chi connectivity index (χ1n) is 18.0. The minimum absolute atomic E-state index is 0.588. The Hall–Kier alpha value is -7.17. The van der Waals surface area contributed by atoms with Crippen LogP contribution in [0.3, 0.4) is 0 Å². The number of nitrogens with zero attached hydrogens (tertiary/aromatic N) is 4. The van der Waals surface area contributed by atoms with Gasteiger partial charge in [0.25, 0.3) is 0 Å². The van der Waals surface area contributed by atoms with E-state index < -0.39 is 0 Å². The minimum atomic E-state index is 0.588. The van der Waals surface area contributed by atoms with E-state index in [-0.39, 0.29) is 0 Å². The fraction of sp³-hybridized carbons (Fsp3) is 0. The van der Waals surface area contributed by atoms with Crippen LogP contribution in [0, 0.1) is 0 Å². The highest BCUT2D eigenvalue weighted by Crippen LogP contribution is 2.49. The van der Waals surface area contributed by atoms with Gasteiger partial charge in [-0.2, -0.15) is 9.97 Å². The van der Waals surface area contributed by atoms with Gasteiger partial charge in [-0.15, -0.1) is 0 Å². The molecule has 2 aromatic heterocycles. The van der Waals surface area contributed by atoms with Crippen LogP contribution in [-0.2, 0) is 0 Å². The van der Waals surface area contributed by atoms with E-state index >= 15 is 0 Å². The molecule has 53 heavy (non-hydrogen) atoms. The first kappa shape index (κ1) is 29.5. The fourth-order valence-electron chi connectivity index (χ4n) is 8.28. The second kappa shape index (κ2) is 11.7. The van der Waals surface area contributed by atoms with Crippen molar-refractivity contribution in [2.24, 2.45) is 0 Å². The number of aromatic nitrogens is 4. The average molecular weight is 675 g/mol. The van der Waals surface area contributed by atoms with Crippen LogP contribution in [0.15, 0.2) is 182 Å². The molecule has 11 rings (SSSR count). The van der Waals surface area contributed by atoms with Crippen molar-refractivity contribution >= 4 is 54.5 Å². The van der Waals surface area contributed by atoms with Crippen LogP contribution in [0.1, 0.15) is 22.3 Å². The zero-order chi connectivity index (χ0) is 34.9. The van der Waals surface area contributed by atoms with Crippen LogP contribution in [0.5, 0.6) is 0 Å². The van der Waals surface area contributed by atoms with Crippen molar-refractivity contribution in [1.29, 1.82) is 0 Å². The van der Waals surface area contributed by atoms with Gasteiger partial charge in [0.1, 0.15) is 0 Å². The molecule has 4 heteroatoms. The largest absolute Gasteiger partial charge is 0.278 e. The van der Waals surface area contributed by atoms with Crippen molar-refractivity contribution < 1.29 is 0 Å². The van der Waals surface area contributed by atoms with E-state index in [1.807, 2.05) is 18.2 Å². The number of fused-ring (bicyclic) bond motifs is 1. The van der Waals surface area contributed by atoms with Crippen molar-refractivity contribution in [2.75, 3.05) is 0 Å². The Balaban J connectivity index is 1.28. The fourth-order valence-corrected chi connectivity index (χ4v) is 8.28. The second-order valence-corrected chi connectivity index (χ2v) is 13.6. The maximum Gasteiger partial charge on any atom is 0.238 e. The molecule has 0 amide bonds. The monoisotopic (exact) mass is 674 g/mol. The standard InChI is InChI=1S/C49H30N4/c1-4-15-32(16-5-1)42-38-23-12-22-34-28-29-41-46(44(34)38)45-39(43(42)33-17-6-2-7-18-33)24-13-25-40(45)53(41)49-51-47(35-19-8-3-9-20-35)50-48(52-49)37-27-26-31-14-10-11-21-36(31)30-37/h1-30H. The lowest BCUT2D eigenvalue weighted by molar-refractivity contribution is 0.954. The smallest absolute Gasteiger partial charge is 0.238 e. The molecule has 4 nitrogen and oxygen atoms in total. The average Bonchev–Trinajstić information content (AvgIpc) is 3.51. The zero-order valence-corrected chi connectivity index (χ0v) is 28.6. The van der Waals surface area contributed by atoms with Crippen LogP contribution >= 0.6 is 0 Å². The summed E-state index contributed by atoms with van der Waals surface area (Å²) in [5.74, 6) is 1.86. The van der Waals surface area contributed by atoms with Gasteiger partial charge >= 0.3 is 0 Å². The van der Waals surface area contributed by atoms with E-state index in [1.165, 1.54) is 60.3 Å². The molecule has 0 spiro atoms. The molecular formula is C49H30N4. The third kappa shape index (κ3) is 4.59. The lowest BCUT2D eigenvalue weighted by Gasteiger charge is -2.19. The lowest BCUT2D eigenvalue weighted by Crippen LogP contribution is -2.06. The molecule has 0 unspecified atom stereocenters. The highest BCUT2D eigenvalue weighted by atomic mass is 15.2. The summed E-state index contributed by atoms with van der Waals surface area (Å²) in [7, 11) is 0. The summed E-state index contributed by atoms with van der Waals surface area (Å²) >= 11 is 0. The predicted molar refractivity (Wildman–Crippen MR) is 218 cm³/mol. The van der Waals surface area contributed by atoms with E-state index in [1.54, 1.807) is 0 Å². The minimum Gasteiger partial charge on any atom is -0.278 e. The summed E-state index contributed by atoms with van der Waals surface area (Å²) in [6.45, 7) is 0. The maximum absolute atomic E-state index is 5.30. The quantitative estimate of drug-likeness (QED) is 0.182. The number of benzene rings is 8. The molecule has 2 heterocycles. The van der Waals surface area contributed by atoms with Crippen LogP contribution in [0.25, 0.3) is 83.2 Å². The van der Waals surface area contributed by atoms with Crippen molar-refractivity contribution in [3.8, 4) is 28.7 Å². The van der Waals surface area contributed by atoms with Gasteiger partial charge in [-0.1, -0.05) is 164 Å². The summed E-state index contributed by atoms with van der Waals surface area (Å²) in [6.07, 6.45) is 0. The molecule has 0 N–H and O–H groups in total. The molecule has 0 fully saturated rings. The van der Waals surface area contributed by atoms with Gasteiger partial charge < -0.3 is 0 Å². The van der Waals surface area contributed by atoms with E-state index in [9.17, 15) is 0 Å². The van der Waals surface area contributed by atoms with Gasteiger partial charge in [-0.25, -0.2) is 4.98 Å². The summed E-state index contributed by atoms with van der Waals surface area (Å²) in [5, 5.41) is 7.15. The SMILES string of the molecule is c1ccc(C2=C(c3ccccc3)c3cccc4c3c3c5c2cccc5ccc3n4-c2nc(-c3ccccc3)nc(-c3ccc4ccccc4c3)n2)cc1. The molecule has 0 saturated carbocycles. The highest BCUT2D eigenvalue weighted by molar-refractivity contribution is 6.31. The van der Waals surface area contributed by atoms with Crippen molar-refractivity contribution in [2.45, 2.75) is 0 Å².